The summed E-state index contributed by atoms with van der Waals surface area (Å²) in [5, 5.41) is 9.16. The van der Waals surface area contributed by atoms with Crippen LogP contribution in [0.3, 0.4) is 0 Å². The van der Waals surface area contributed by atoms with Gasteiger partial charge in [0.05, 0.1) is 5.69 Å². The second-order valence-electron chi connectivity index (χ2n) is 9.90. The summed E-state index contributed by atoms with van der Waals surface area (Å²) in [5.74, 6) is -0.741. The number of hydrogen-bond acceptors (Lipinski definition) is 4. The van der Waals surface area contributed by atoms with Crippen LogP contribution in [0.1, 0.15) is 62.6 Å². The lowest BCUT2D eigenvalue weighted by Crippen LogP contribution is -2.64. The predicted molar refractivity (Wildman–Crippen MR) is 126 cm³/mol. The Morgan fingerprint density at radius 2 is 1.82 bits per heavy atom. The van der Waals surface area contributed by atoms with Gasteiger partial charge in [0.15, 0.2) is 0 Å². The first-order valence-corrected chi connectivity index (χ1v) is 12.1. The summed E-state index contributed by atoms with van der Waals surface area (Å²) in [6.45, 7) is 3.33. The first kappa shape index (κ1) is 22.0. The molecule has 3 unspecified atom stereocenters. The number of carboxylic acids is 1. The number of benzene rings is 2. The summed E-state index contributed by atoms with van der Waals surface area (Å²) >= 11 is 0. The highest BCUT2D eigenvalue weighted by atomic mass is 16.6. The standard InChI is InChI=1S/C27H32N2O4/c1-27-16-15-23(27)29(26(32)33-18-19-8-3-2-4-9-19)22-11-6-5-10-21(22)25(27)28(20-13-14-20)17-7-12-24(30)31/h2-6,8-11,20,23,25H,7,12-18H2,1H3,(H,30,31). The lowest BCUT2D eigenvalue weighted by atomic mass is 9.56. The molecule has 174 valence electrons. The van der Waals surface area contributed by atoms with Gasteiger partial charge < -0.3 is 9.84 Å². The Morgan fingerprint density at radius 3 is 2.48 bits per heavy atom. The Bertz CT molecular complexity index is 1020. The van der Waals surface area contributed by atoms with Crippen molar-refractivity contribution in [2.24, 2.45) is 5.41 Å². The summed E-state index contributed by atoms with van der Waals surface area (Å²) in [6.07, 6.45) is 4.87. The van der Waals surface area contributed by atoms with Gasteiger partial charge in [0.2, 0.25) is 0 Å². The van der Waals surface area contributed by atoms with Crippen LogP contribution in [0, 0.1) is 5.41 Å². The van der Waals surface area contributed by atoms with Crippen molar-refractivity contribution in [2.75, 3.05) is 11.4 Å². The summed E-state index contributed by atoms with van der Waals surface area (Å²) in [5.41, 5.74) is 3.00. The van der Waals surface area contributed by atoms with E-state index in [0.717, 1.165) is 49.0 Å². The number of anilines is 1. The van der Waals surface area contributed by atoms with E-state index in [1.165, 1.54) is 0 Å². The van der Waals surface area contributed by atoms with Gasteiger partial charge in [0.1, 0.15) is 6.61 Å². The molecule has 2 saturated carbocycles. The molecule has 33 heavy (non-hydrogen) atoms. The van der Waals surface area contributed by atoms with Crippen molar-refractivity contribution >= 4 is 17.7 Å². The van der Waals surface area contributed by atoms with E-state index in [1.807, 2.05) is 53.4 Å². The number of carbonyl (C=O) groups is 2. The Hall–Kier alpha value is -2.86. The third kappa shape index (κ3) is 4.12. The third-order valence-electron chi connectivity index (χ3n) is 7.70. The zero-order valence-corrected chi connectivity index (χ0v) is 19.2. The fraction of sp³-hybridized carbons (Fsp3) is 0.481. The number of carboxylic acid groups (broad SMARTS) is 1. The number of carbonyl (C=O) groups excluding carboxylic acids is 1. The average molecular weight is 449 g/mol. The number of nitrogens with zero attached hydrogens (tertiary/aromatic N) is 2. The van der Waals surface area contributed by atoms with Crippen LogP contribution < -0.4 is 4.90 Å². The average Bonchev–Trinajstić information content (AvgIpc) is 3.65. The first-order chi connectivity index (χ1) is 16.0. The van der Waals surface area contributed by atoms with E-state index in [-0.39, 0.29) is 36.6 Å². The molecule has 0 spiro atoms. The molecule has 1 amide bonds. The van der Waals surface area contributed by atoms with Crippen molar-refractivity contribution < 1.29 is 19.4 Å². The highest BCUT2D eigenvalue weighted by Gasteiger charge is 2.59. The molecule has 1 aliphatic heterocycles. The zero-order chi connectivity index (χ0) is 23.0. The largest absolute Gasteiger partial charge is 0.481 e. The van der Waals surface area contributed by atoms with Crippen LogP contribution in [-0.2, 0) is 16.1 Å². The minimum Gasteiger partial charge on any atom is -0.481 e. The minimum absolute atomic E-state index is 0.0774. The number of hydrogen-bond donors (Lipinski definition) is 1. The summed E-state index contributed by atoms with van der Waals surface area (Å²) < 4.78 is 5.78. The maximum atomic E-state index is 13.4. The molecule has 3 atom stereocenters. The lowest BCUT2D eigenvalue weighted by molar-refractivity contribution is -0.137. The van der Waals surface area contributed by atoms with Gasteiger partial charge in [-0.05, 0) is 55.8 Å². The van der Waals surface area contributed by atoms with Crippen molar-refractivity contribution in [3.8, 4) is 0 Å². The lowest BCUT2D eigenvalue weighted by Gasteiger charge is -2.61. The molecular weight excluding hydrogens is 416 g/mol. The van der Waals surface area contributed by atoms with Crippen LogP contribution >= 0.6 is 0 Å². The number of para-hydroxylation sites is 1. The molecule has 6 nitrogen and oxygen atoms in total. The molecule has 5 rings (SSSR count). The maximum Gasteiger partial charge on any atom is 0.414 e. The van der Waals surface area contributed by atoms with Crippen LogP contribution in [0.5, 0.6) is 0 Å². The number of amides is 1. The van der Waals surface area contributed by atoms with Gasteiger partial charge in [0.25, 0.3) is 0 Å². The van der Waals surface area contributed by atoms with Crippen LogP contribution in [0.2, 0.25) is 0 Å². The fourth-order valence-corrected chi connectivity index (χ4v) is 5.85. The number of aliphatic carboxylic acids is 1. The molecule has 1 N–H and O–H groups in total. The van der Waals surface area contributed by atoms with Crippen LogP contribution in [0.25, 0.3) is 0 Å². The van der Waals surface area contributed by atoms with Gasteiger partial charge in [-0.3, -0.25) is 14.6 Å². The van der Waals surface area contributed by atoms with E-state index in [2.05, 4.69) is 17.9 Å². The monoisotopic (exact) mass is 448 g/mol. The SMILES string of the molecule is CC12CCC1N(C(=O)OCc1ccccc1)c1ccccc1C2N(CCCC(=O)O)C1CC1. The molecule has 2 aromatic carbocycles. The Morgan fingerprint density at radius 1 is 1.09 bits per heavy atom. The topological polar surface area (TPSA) is 70.1 Å². The number of fused-ring (bicyclic) bond motifs is 2. The van der Waals surface area contributed by atoms with Crippen molar-refractivity contribution in [1.82, 2.24) is 4.90 Å². The molecule has 3 aliphatic rings. The molecule has 6 heteroatoms. The van der Waals surface area contributed by atoms with E-state index in [1.54, 1.807) is 0 Å². The molecule has 0 saturated heterocycles. The van der Waals surface area contributed by atoms with E-state index in [9.17, 15) is 9.59 Å². The van der Waals surface area contributed by atoms with Crippen molar-refractivity contribution in [2.45, 2.75) is 70.2 Å². The van der Waals surface area contributed by atoms with Crippen molar-refractivity contribution in [3.05, 3.63) is 65.7 Å². The summed E-state index contributed by atoms with van der Waals surface area (Å²) in [4.78, 5) is 28.9. The molecule has 2 fully saturated rings. The molecule has 1 heterocycles. The predicted octanol–water partition coefficient (Wildman–Crippen LogP) is 5.38. The molecule has 2 aliphatic carbocycles. The molecule has 0 radical (unpaired) electrons. The molecule has 2 aromatic rings. The van der Waals surface area contributed by atoms with Crippen LogP contribution in [-0.4, -0.2) is 40.7 Å². The molecule has 0 bridgehead atoms. The second-order valence-corrected chi connectivity index (χ2v) is 9.90. The highest BCUT2D eigenvalue weighted by molar-refractivity contribution is 5.91. The Kier molecular flexibility index (Phi) is 5.87. The van der Waals surface area contributed by atoms with Gasteiger partial charge in [-0.2, -0.15) is 0 Å². The van der Waals surface area contributed by atoms with E-state index >= 15 is 0 Å². The van der Waals surface area contributed by atoms with E-state index in [0.29, 0.717) is 12.5 Å². The van der Waals surface area contributed by atoms with Gasteiger partial charge in [-0.25, -0.2) is 4.79 Å². The van der Waals surface area contributed by atoms with Crippen molar-refractivity contribution in [3.63, 3.8) is 0 Å². The van der Waals surface area contributed by atoms with E-state index in [4.69, 9.17) is 9.84 Å². The third-order valence-corrected chi connectivity index (χ3v) is 7.70. The summed E-state index contributed by atoms with van der Waals surface area (Å²) in [6, 6.07) is 18.8. The van der Waals surface area contributed by atoms with Gasteiger partial charge in [-0.15, -0.1) is 0 Å². The summed E-state index contributed by atoms with van der Waals surface area (Å²) in [7, 11) is 0. The van der Waals surface area contributed by atoms with E-state index < -0.39 is 5.97 Å². The van der Waals surface area contributed by atoms with Crippen molar-refractivity contribution in [1.29, 1.82) is 0 Å². The maximum absolute atomic E-state index is 13.4. The molecule has 0 aromatic heterocycles. The van der Waals surface area contributed by atoms with Crippen LogP contribution in [0.15, 0.2) is 54.6 Å². The number of rotatable bonds is 8. The fourth-order valence-electron chi connectivity index (χ4n) is 5.85. The zero-order valence-electron chi connectivity index (χ0n) is 19.2. The van der Waals surface area contributed by atoms with Gasteiger partial charge >= 0.3 is 12.1 Å². The normalized spacial score (nSPS) is 25.7. The highest BCUT2D eigenvalue weighted by Crippen LogP contribution is 2.61. The quantitative estimate of drug-likeness (QED) is 0.587. The molecular formula is C27H32N2O4. The van der Waals surface area contributed by atoms with Gasteiger partial charge in [-0.1, -0.05) is 55.5 Å². The van der Waals surface area contributed by atoms with Gasteiger partial charge in [0, 0.05) is 30.0 Å². The first-order valence-electron chi connectivity index (χ1n) is 12.1. The smallest absolute Gasteiger partial charge is 0.414 e. The Balaban J connectivity index is 1.43. The van der Waals surface area contributed by atoms with Crippen LogP contribution in [0.4, 0.5) is 10.5 Å². The number of ether oxygens (including phenoxy) is 1. The Labute approximate surface area is 195 Å². The second kappa shape index (κ2) is 8.82. The minimum atomic E-state index is -0.741.